The molecular formula is C15H16N2O. The molecule has 92 valence electrons. The molecule has 2 unspecified atom stereocenters. The Morgan fingerprint density at radius 1 is 1.33 bits per heavy atom. The highest BCUT2D eigenvalue weighted by Gasteiger charge is 2.30. The number of aromatic nitrogens is 1. The van der Waals surface area contributed by atoms with Gasteiger partial charge in [0.25, 0.3) is 0 Å². The van der Waals surface area contributed by atoms with Crippen LogP contribution in [0.5, 0.6) is 5.75 Å². The first kappa shape index (κ1) is 11.2. The van der Waals surface area contributed by atoms with E-state index in [2.05, 4.69) is 18.0 Å². The maximum atomic E-state index is 6.40. The molecule has 0 saturated carbocycles. The highest BCUT2D eigenvalue weighted by molar-refractivity contribution is 5.42. The van der Waals surface area contributed by atoms with Crippen molar-refractivity contribution in [2.75, 3.05) is 6.61 Å². The van der Waals surface area contributed by atoms with Gasteiger partial charge in [0.1, 0.15) is 5.75 Å². The van der Waals surface area contributed by atoms with Gasteiger partial charge >= 0.3 is 0 Å². The average molecular weight is 240 g/mol. The second-order valence-electron chi connectivity index (χ2n) is 4.71. The number of benzene rings is 1. The van der Waals surface area contributed by atoms with Gasteiger partial charge in [-0.05, 0) is 30.2 Å². The molecule has 2 N–H and O–H groups in total. The van der Waals surface area contributed by atoms with Crippen molar-refractivity contribution in [3.05, 3.63) is 59.4 Å². The first-order valence-electron chi connectivity index (χ1n) is 6.15. The maximum Gasteiger partial charge on any atom is 0.122 e. The number of hydrogen-bond acceptors (Lipinski definition) is 3. The van der Waals surface area contributed by atoms with E-state index < -0.39 is 0 Å². The fourth-order valence-electron chi connectivity index (χ4n) is 2.53. The first-order valence-corrected chi connectivity index (χ1v) is 6.15. The van der Waals surface area contributed by atoms with Gasteiger partial charge in [0.2, 0.25) is 0 Å². The molecule has 0 aliphatic carbocycles. The zero-order chi connectivity index (χ0) is 12.5. The number of fused-ring (bicyclic) bond motifs is 1. The number of hydrogen-bond donors (Lipinski definition) is 1. The number of nitrogens with two attached hydrogens (primary N) is 1. The SMILES string of the molecule is Cc1ccncc1C(N)C1COc2ccccc21. The fraction of sp³-hybridized carbons (Fsp3) is 0.267. The molecule has 3 nitrogen and oxygen atoms in total. The topological polar surface area (TPSA) is 48.1 Å². The van der Waals surface area contributed by atoms with Crippen molar-refractivity contribution in [3.8, 4) is 5.75 Å². The summed E-state index contributed by atoms with van der Waals surface area (Å²) in [6, 6.07) is 10.0. The Bertz CT molecular complexity index is 568. The van der Waals surface area contributed by atoms with Gasteiger partial charge in [-0.25, -0.2) is 0 Å². The van der Waals surface area contributed by atoms with Crippen molar-refractivity contribution in [1.82, 2.24) is 4.98 Å². The minimum Gasteiger partial charge on any atom is -0.493 e. The third-order valence-corrected chi connectivity index (χ3v) is 3.61. The molecule has 2 atom stereocenters. The number of ether oxygens (including phenoxy) is 1. The summed E-state index contributed by atoms with van der Waals surface area (Å²) in [7, 11) is 0. The highest BCUT2D eigenvalue weighted by Crippen LogP contribution is 2.40. The van der Waals surface area contributed by atoms with Gasteiger partial charge < -0.3 is 10.5 Å². The molecule has 1 aliphatic rings. The Hall–Kier alpha value is -1.87. The molecule has 0 bridgehead atoms. The van der Waals surface area contributed by atoms with E-state index in [0.717, 1.165) is 11.3 Å². The lowest BCUT2D eigenvalue weighted by Gasteiger charge is -2.20. The molecule has 2 heterocycles. The van der Waals surface area contributed by atoms with Crippen LogP contribution in [0.4, 0.5) is 0 Å². The lowest BCUT2D eigenvalue weighted by Crippen LogP contribution is -2.22. The predicted octanol–water partition coefficient (Wildman–Crippen LogP) is 2.57. The minimum absolute atomic E-state index is 0.0673. The van der Waals surface area contributed by atoms with E-state index in [1.54, 1.807) is 6.20 Å². The fourth-order valence-corrected chi connectivity index (χ4v) is 2.53. The number of para-hydroxylation sites is 1. The summed E-state index contributed by atoms with van der Waals surface area (Å²) in [4.78, 5) is 4.17. The van der Waals surface area contributed by atoms with Gasteiger partial charge in [-0.3, -0.25) is 4.98 Å². The molecule has 0 radical (unpaired) electrons. The lowest BCUT2D eigenvalue weighted by molar-refractivity contribution is 0.315. The number of pyridine rings is 1. The van der Waals surface area contributed by atoms with Gasteiger partial charge in [-0.1, -0.05) is 18.2 Å². The van der Waals surface area contributed by atoms with Gasteiger partial charge in [0, 0.05) is 29.9 Å². The molecule has 0 fully saturated rings. The Balaban J connectivity index is 1.96. The predicted molar refractivity (Wildman–Crippen MR) is 70.6 cm³/mol. The molecule has 0 spiro atoms. The van der Waals surface area contributed by atoms with E-state index in [1.807, 2.05) is 30.5 Å². The third kappa shape index (κ3) is 1.77. The molecular weight excluding hydrogens is 224 g/mol. The van der Waals surface area contributed by atoms with Crippen molar-refractivity contribution in [2.24, 2.45) is 5.73 Å². The summed E-state index contributed by atoms with van der Waals surface area (Å²) < 4.78 is 5.69. The molecule has 18 heavy (non-hydrogen) atoms. The Labute approximate surface area is 107 Å². The summed E-state index contributed by atoms with van der Waals surface area (Å²) in [5, 5.41) is 0. The molecule has 1 aliphatic heterocycles. The van der Waals surface area contributed by atoms with E-state index in [9.17, 15) is 0 Å². The molecule has 3 heteroatoms. The first-order chi connectivity index (χ1) is 8.77. The Morgan fingerprint density at radius 3 is 3.00 bits per heavy atom. The number of rotatable bonds is 2. The van der Waals surface area contributed by atoms with Crippen molar-refractivity contribution in [1.29, 1.82) is 0 Å². The van der Waals surface area contributed by atoms with Crippen LogP contribution in [0.15, 0.2) is 42.7 Å². The van der Waals surface area contributed by atoms with E-state index in [1.165, 1.54) is 11.1 Å². The zero-order valence-corrected chi connectivity index (χ0v) is 10.3. The molecule has 0 amide bonds. The summed E-state index contributed by atoms with van der Waals surface area (Å²) in [5.74, 6) is 1.17. The van der Waals surface area contributed by atoms with Crippen LogP contribution in [0.2, 0.25) is 0 Å². The largest absolute Gasteiger partial charge is 0.493 e. The summed E-state index contributed by atoms with van der Waals surface area (Å²) in [6.45, 7) is 2.72. The number of aryl methyl sites for hydroxylation is 1. The second kappa shape index (κ2) is 4.42. The van der Waals surface area contributed by atoms with Crippen molar-refractivity contribution >= 4 is 0 Å². The standard InChI is InChI=1S/C15H16N2O/c1-10-6-7-17-8-12(10)15(16)13-9-18-14-5-3-2-4-11(13)14/h2-8,13,15H,9,16H2,1H3. The molecule has 2 aromatic rings. The van der Waals surface area contributed by atoms with Crippen molar-refractivity contribution in [2.45, 2.75) is 18.9 Å². The molecule has 3 rings (SSSR count). The van der Waals surface area contributed by atoms with Gasteiger partial charge in [-0.2, -0.15) is 0 Å². The zero-order valence-electron chi connectivity index (χ0n) is 10.3. The minimum atomic E-state index is -0.0673. The van der Waals surface area contributed by atoms with Gasteiger partial charge in [0.15, 0.2) is 0 Å². The van der Waals surface area contributed by atoms with Crippen LogP contribution in [0.3, 0.4) is 0 Å². The van der Waals surface area contributed by atoms with Crippen LogP contribution < -0.4 is 10.5 Å². The summed E-state index contributed by atoms with van der Waals surface area (Å²) >= 11 is 0. The molecule has 0 saturated heterocycles. The van der Waals surface area contributed by atoms with Gasteiger partial charge in [-0.15, -0.1) is 0 Å². The van der Waals surface area contributed by atoms with Crippen LogP contribution >= 0.6 is 0 Å². The van der Waals surface area contributed by atoms with E-state index in [-0.39, 0.29) is 12.0 Å². The van der Waals surface area contributed by atoms with Crippen LogP contribution in [0.1, 0.15) is 28.7 Å². The maximum absolute atomic E-state index is 6.40. The van der Waals surface area contributed by atoms with E-state index in [4.69, 9.17) is 10.5 Å². The normalized spacial score (nSPS) is 19.1. The Kier molecular flexibility index (Phi) is 2.76. The summed E-state index contributed by atoms with van der Waals surface area (Å²) in [5.41, 5.74) is 9.88. The second-order valence-corrected chi connectivity index (χ2v) is 4.71. The monoisotopic (exact) mass is 240 g/mol. The van der Waals surface area contributed by atoms with Crippen LogP contribution in [0, 0.1) is 6.92 Å². The quantitative estimate of drug-likeness (QED) is 0.877. The summed E-state index contributed by atoms with van der Waals surface area (Å²) in [6.07, 6.45) is 3.66. The molecule has 1 aromatic carbocycles. The van der Waals surface area contributed by atoms with Crippen LogP contribution in [0.25, 0.3) is 0 Å². The van der Waals surface area contributed by atoms with Crippen molar-refractivity contribution in [3.63, 3.8) is 0 Å². The third-order valence-electron chi connectivity index (χ3n) is 3.61. The average Bonchev–Trinajstić information content (AvgIpc) is 2.82. The van der Waals surface area contributed by atoms with Crippen molar-refractivity contribution < 1.29 is 4.74 Å². The smallest absolute Gasteiger partial charge is 0.122 e. The Morgan fingerprint density at radius 2 is 2.17 bits per heavy atom. The van der Waals surface area contributed by atoms with Crippen LogP contribution in [-0.2, 0) is 0 Å². The lowest BCUT2D eigenvalue weighted by atomic mass is 9.88. The van der Waals surface area contributed by atoms with Gasteiger partial charge in [0.05, 0.1) is 6.61 Å². The number of nitrogens with zero attached hydrogens (tertiary/aromatic N) is 1. The van der Waals surface area contributed by atoms with E-state index >= 15 is 0 Å². The molecule has 1 aromatic heterocycles. The highest BCUT2D eigenvalue weighted by atomic mass is 16.5. The van der Waals surface area contributed by atoms with Crippen LogP contribution in [-0.4, -0.2) is 11.6 Å². The van der Waals surface area contributed by atoms with E-state index in [0.29, 0.717) is 6.61 Å².